The number of anilines is 1. The number of benzene rings is 1. The van der Waals surface area contributed by atoms with Crippen molar-refractivity contribution in [1.29, 1.82) is 0 Å². The molecule has 124 valence electrons. The molecule has 1 aromatic carbocycles. The smallest absolute Gasteiger partial charge is 0.246 e. The fourth-order valence-corrected chi connectivity index (χ4v) is 4.54. The summed E-state index contributed by atoms with van der Waals surface area (Å²) in [5, 5.41) is 3.72. The van der Waals surface area contributed by atoms with Crippen molar-refractivity contribution in [1.82, 2.24) is 9.88 Å². The van der Waals surface area contributed by atoms with Crippen LogP contribution in [0.1, 0.15) is 24.3 Å². The molecule has 0 radical (unpaired) electrons. The van der Waals surface area contributed by atoms with Crippen LogP contribution in [0.5, 0.6) is 0 Å². The first-order chi connectivity index (χ1) is 11.0. The third-order valence-corrected chi connectivity index (χ3v) is 5.88. The molecule has 0 saturated carbocycles. The average Bonchev–Trinajstić information content (AvgIpc) is 3.13. The molecular formula is C16H21N3O3S. The fourth-order valence-electron chi connectivity index (χ4n) is 3.14. The number of hydrogen-bond acceptors (Lipinski definition) is 5. The minimum absolute atomic E-state index is 0.154. The summed E-state index contributed by atoms with van der Waals surface area (Å²) >= 11 is 0. The molecule has 1 fully saturated rings. The van der Waals surface area contributed by atoms with Crippen molar-refractivity contribution in [3.8, 4) is 0 Å². The maximum atomic E-state index is 12.5. The van der Waals surface area contributed by atoms with Crippen LogP contribution in [0.15, 0.2) is 39.8 Å². The molecular weight excluding hydrogens is 314 g/mol. The summed E-state index contributed by atoms with van der Waals surface area (Å²) in [6, 6.07) is 10.3. The number of nitrogens with zero attached hydrogens (tertiary/aromatic N) is 2. The Morgan fingerprint density at radius 3 is 2.70 bits per heavy atom. The van der Waals surface area contributed by atoms with Gasteiger partial charge < -0.3 is 9.42 Å². The Morgan fingerprint density at radius 2 is 2.04 bits per heavy atom. The summed E-state index contributed by atoms with van der Waals surface area (Å²) in [4.78, 5) is 2.41. The summed E-state index contributed by atoms with van der Waals surface area (Å²) in [5.74, 6) is 0.321. The maximum absolute atomic E-state index is 12.5. The van der Waals surface area contributed by atoms with Crippen molar-refractivity contribution in [3.63, 3.8) is 0 Å². The maximum Gasteiger partial charge on any atom is 0.246 e. The van der Waals surface area contributed by atoms with E-state index in [-0.39, 0.29) is 10.9 Å². The lowest BCUT2D eigenvalue weighted by Crippen LogP contribution is -2.40. The third-order valence-electron chi connectivity index (χ3n) is 4.21. The summed E-state index contributed by atoms with van der Waals surface area (Å²) in [7, 11) is -3.60. The SMILES string of the molecule is Cc1noc(C)c1S(=O)(=O)NCC1CCCN1c1ccccc1. The van der Waals surface area contributed by atoms with E-state index >= 15 is 0 Å². The van der Waals surface area contributed by atoms with Crippen molar-refractivity contribution >= 4 is 15.7 Å². The van der Waals surface area contributed by atoms with Crippen molar-refractivity contribution < 1.29 is 12.9 Å². The first kappa shape index (κ1) is 16.0. The largest absolute Gasteiger partial charge is 0.367 e. The quantitative estimate of drug-likeness (QED) is 0.907. The zero-order valence-corrected chi connectivity index (χ0v) is 14.1. The molecule has 0 spiro atoms. The second-order valence-corrected chi connectivity index (χ2v) is 7.53. The Balaban J connectivity index is 1.73. The van der Waals surface area contributed by atoms with Gasteiger partial charge in [-0.2, -0.15) is 0 Å². The van der Waals surface area contributed by atoms with Crippen molar-refractivity contribution in [2.45, 2.75) is 37.6 Å². The Morgan fingerprint density at radius 1 is 1.30 bits per heavy atom. The first-order valence-electron chi connectivity index (χ1n) is 7.73. The lowest BCUT2D eigenvalue weighted by molar-refractivity contribution is 0.390. The van der Waals surface area contributed by atoms with Crippen LogP contribution in [0, 0.1) is 13.8 Å². The highest BCUT2D eigenvalue weighted by molar-refractivity contribution is 7.89. The number of para-hydroxylation sites is 1. The van der Waals surface area contributed by atoms with Crippen LogP contribution in [-0.4, -0.2) is 32.7 Å². The fraction of sp³-hybridized carbons (Fsp3) is 0.438. The van der Waals surface area contributed by atoms with E-state index in [9.17, 15) is 8.42 Å². The second-order valence-electron chi connectivity index (χ2n) is 5.83. The van der Waals surface area contributed by atoms with E-state index in [4.69, 9.17) is 4.52 Å². The molecule has 1 saturated heterocycles. The highest BCUT2D eigenvalue weighted by Gasteiger charge is 2.29. The molecule has 0 amide bonds. The molecule has 23 heavy (non-hydrogen) atoms. The summed E-state index contributed by atoms with van der Waals surface area (Å²) in [5.41, 5.74) is 1.52. The van der Waals surface area contributed by atoms with Crippen LogP contribution in [0.3, 0.4) is 0 Å². The molecule has 1 aromatic heterocycles. The number of aryl methyl sites for hydroxylation is 2. The van der Waals surface area contributed by atoms with Gasteiger partial charge in [-0.05, 0) is 38.8 Å². The van der Waals surface area contributed by atoms with E-state index < -0.39 is 10.0 Å². The monoisotopic (exact) mass is 335 g/mol. The first-order valence-corrected chi connectivity index (χ1v) is 9.21. The predicted molar refractivity (Wildman–Crippen MR) is 88.0 cm³/mol. The summed E-state index contributed by atoms with van der Waals surface area (Å²) in [6.45, 7) is 4.57. The average molecular weight is 335 g/mol. The van der Waals surface area contributed by atoms with Crippen molar-refractivity contribution in [2.75, 3.05) is 18.0 Å². The van der Waals surface area contributed by atoms with E-state index in [1.54, 1.807) is 13.8 Å². The summed E-state index contributed by atoms with van der Waals surface area (Å²) < 4.78 is 32.7. The van der Waals surface area contributed by atoms with Gasteiger partial charge in [0.25, 0.3) is 0 Å². The Bertz CT molecular complexity index is 752. The third kappa shape index (κ3) is 3.25. The molecule has 3 rings (SSSR count). The molecule has 2 heterocycles. The normalized spacial score (nSPS) is 18.5. The molecule has 0 aliphatic carbocycles. The van der Waals surface area contributed by atoms with Gasteiger partial charge in [0.1, 0.15) is 10.6 Å². The highest BCUT2D eigenvalue weighted by Crippen LogP contribution is 2.25. The second kappa shape index (κ2) is 6.33. The van der Waals surface area contributed by atoms with Gasteiger partial charge in [-0.15, -0.1) is 0 Å². The molecule has 1 aliphatic heterocycles. The van der Waals surface area contributed by atoms with Crippen LogP contribution in [0.25, 0.3) is 0 Å². The molecule has 7 heteroatoms. The van der Waals surface area contributed by atoms with Crippen LogP contribution in [-0.2, 0) is 10.0 Å². The van der Waals surface area contributed by atoms with Crippen LogP contribution >= 0.6 is 0 Å². The van der Waals surface area contributed by atoms with Crippen LogP contribution in [0.2, 0.25) is 0 Å². The van der Waals surface area contributed by atoms with E-state index in [1.807, 2.05) is 18.2 Å². The minimum Gasteiger partial charge on any atom is -0.367 e. The number of nitrogens with one attached hydrogen (secondary N) is 1. The lowest BCUT2D eigenvalue weighted by atomic mass is 10.2. The zero-order chi connectivity index (χ0) is 16.4. The van der Waals surface area contributed by atoms with E-state index in [2.05, 4.69) is 26.9 Å². The van der Waals surface area contributed by atoms with Gasteiger partial charge in [-0.3, -0.25) is 0 Å². The van der Waals surface area contributed by atoms with E-state index in [0.717, 1.165) is 25.1 Å². The topological polar surface area (TPSA) is 75.4 Å². The van der Waals surface area contributed by atoms with E-state index in [1.165, 1.54) is 0 Å². The van der Waals surface area contributed by atoms with Gasteiger partial charge in [0.05, 0.1) is 0 Å². The van der Waals surface area contributed by atoms with E-state index in [0.29, 0.717) is 18.0 Å². The molecule has 1 unspecified atom stereocenters. The van der Waals surface area contributed by atoms with Crippen LogP contribution < -0.4 is 9.62 Å². The number of sulfonamides is 1. The van der Waals surface area contributed by atoms with Gasteiger partial charge in [0.15, 0.2) is 5.76 Å². The molecule has 1 aliphatic rings. The highest BCUT2D eigenvalue weighted by atomic mass is 32.2. The lowest BCUT2D eigenvalue weighted by Gasteiger charge is -2.27. The Hall–Kier alpha value is -1.86. The van der Waals surface area contributed by atoms with Crippen LogP contribution in [0.4, 0.5) is 5.69 Å². The Kier molecular flexibility index (Phi) is 4.41. The van der Waals surface area contributed by atoms with Gasteiger partial charge in [0, 0.05) is 24.8 Å². The standard InChI is InChI=1S/C16H21N3O3S/c1-12-16(13(2)22-18-12)23(20,21)17-11-15-9-6-10-19(15)14-7-4-3-5-8-14/h3-5,7-8,15,17H,6,9-11H2,1-2H3. The van der Waals surface area contributed by atoms with Crippen molar-refractivity contribution in [3.05, 3.63) is 41.8 Å². The predicted octanol–water partition coefficient (Wildman–Crippen LogP) is 2.24. The molecule has 2 aromatic rings. The van der Waals surface area contributed by atoms with Crippen molar-refractivity contribution in [2.24, 2.45) is 0 Å². The van der Waals surface area contributed by atoms with Gasteiger partial charge >= 0.3 is 0 Å². The van der Waals surface area contributed by atoms with Gasteiger partial charge in [-0.1, -0.05) is 23.4 Å². The molecule has 0 bridgehead atoms. The molecule has 1 N–H and O–H groups in total. The number of aromatic nitrogens is 1. The van der Waals surface area contributed by atoms with Gasteiger partial charge in [0.2, 0.25) is 10.0 Å². The molecule has 1 atom stereocenters. The summed E-state index contributed by atoms with van der Waals surface area (Å²) in [6.07, 6.45) is 2.03. The number of rotatable bonds is 5. The Labute approximate surface area is 136 Å². The molecule has 6 nitrogen and oxygen atoms in total. The van der Waals surface area contributed by atoms with Gasteiger partial charge in [-0.25, -0.2) is 13.1 Å². The number of hydrogen-bond donors (Lipinski definition) is 1. The minimum atomic E-state index is -3.60. The zero-order valence-electron chi connectivity index (χ0n) is 13.3.